The first-order chi connectivity index (χ1) is 8.11. The van der Waals surface area contributed by atoms with E-state index in [4.69, 9.17) is 0 Å². The molecule has 1 heterocycles. The van der Waals surface area contributed by atoms with Crippen molar-refractivity contribution >= 4 is 11.6 Å². The number of carbonyl (C=O) groups excluding carboxylic acids is 2. The summed E-state index contributed by atoms with van der Waals surface area (Å²) < 4.78 is 1.67. The molecule has 0 radical (unpaired) electrons. The summed E-state index contributed by atoms with van der Waals surface area (Å²) in [4.78, 5) is 28.3. The number of ketones is 2. The SMILES string of the molecule is Cc1nc2c(n1C)C(=O)C(=O)c1ccccc1-2. The molecule has 17 heavy (non-hydrogen) atoms. The minimum atomic E-state index is -0.471. The average Bonchev–Trinajstić information content (AvgIpc) is 2.63. The Balaban J connectivity index is 2.44. The van der Waals surface area contributed by atoms with Crippen molar-refractivity contribution in [2.75, 3.05) is 0 Å². The Morgan fingerprint density at radius 3 is 2.41 bits per heavy atom. The lowest BCUT2D eigenvalue weighted by molar-refractivity contribution is 0.0810. The van der Waals surface area contributed by atoms with Crippen LogP contribution in [0.3, 0.4) is 0 Å². The van der Waals surface area contributed by atoms with E-state index < -0.39 is 11.6 Å². The summed E-state index contributed by atoms with van der Waals surface area (Å²) in [6.07, 6.45) is 0. The van der Waals surface area contributed by atoms with Crippen molar-refractivity contribution in [1.82, 2.24) is 9.55 Å². The van der Waals surface area contributed by atoms with Crippen LogP contribution < -0.4 is 0 Å². The molecule has 0 bridgehead atoms. The summed E-state index contributed by atoms with van der Waals surface area (Å²) in [5.41, 5.74) is 2.20. The van der Waals surface area contributed by atoms with Crippen LogP contribution in [0.1, 0.15) is 26.7 Å². The molecular formula is C13H10N2O2. The van der Waals surface area contributed by atoms with Crippen LogP contribution in [-0.4, -0.2) is 21.1 Å². The predicted molar refractivity (Wildman–Crippen MR) is 62.0 cm³/mol. The standard InChI is InChI=1S/C13H10N2O2/c1-7-14-10-8-5-3-4-6-9(8)12(16)13(17)11(10)15(7)2/h3-6H,1-2H3. The molecule has 1 aliphatic rings. The van der Waals surface area contributed by atoms with E-state index >= 15 is 0 Å². The molecule has 4 heteroatoms. The van der Waals surface area contributed by atoms with Gasteiger partial charge in [0.1, 0.15) is 17.2 Å². The highest BCUT2D eigenvalue weighted by Crippen LogP contribution is 2.32. The van der Waals surface area contributed by atoms with Crippen LogP contribution in [0.4, 0.5) is 0 Å². The maximum atomic E-state index is 12.0. The minimum absolute atomic E-state index is 0.395. The van der Waals surface area contributed by atoms with Gasteiger partial charge < -0.3 is 4.57 Å². The highest BCUT2D eigenvalue weighted by molar-refractivity contribution is 6.52. The third-order valence-electron chi connectivity index (χ3n) is 3.17. The van der Waals surface area contributed by atoms with Crippen molar-refractivity contribution in [3.05, 3.63) is 41.3 Å². The van der Waals surface area contributed by atoms with Crippen molar-refractivity contribution in [2.24, 2.45) is 7.05 Å². The van der Waals surface area contributed by atoms with E-state index in [-0.39, 0.29) is 0 Å². The van der Waals surface area contributed by atoms with E-state index in [1.165, 1.54) is 0 Å². The quantitative estimate of drug-likeness (QED) is 0.643. The van der Waals surface area contributed by atoms with Crippen molar-refractivity contribution in [2.45, 2.75) is 6.92 Å². The smallest absolute Gasteiger partial charge is 0.252 e. The maximum Gasteiger partial charge on any atom is 0.252 e. The van der Waals surface area contributed by atoms with Gasteiger partial charge in [0.2, 0.25) is 5.78 Å². The van der Waals surface area contributed by atoms with E-state index in [9.17, 15) is 9.59 Å². The van der Waals surface area contributed by atoms with Gasteiger partial charge >= 0.3 is 0 Å². The lowest BCUT2D eigenvalue weighted by atomic mass is 9.90. The minimum Gasteiger partial charge on any atom is -0.328 e. The number of imidazole rings is 1. The van der Waals surface area contributed by atoms with Gasteiger partial charge in [0.05, 0.1) is 0 Å². The third-order valence-corrected chi connectivity index (χ3v) is 3.17. The molecule has 1 aliphatic carbocycles. The largest absolute Gasteiger partial charge is 0.328 e. The second-order valence-electron chi connectivity index (χ2n) is 4.12. The number of hydrogen-bond acceptors (Lipinski definition) is 3. The van der Waals surface area contributed by atoms with E-state index in [1.54, 1.807) is 23.7 Å². The van der Waals surface area contributed by atoms with Gasteiger partial charge in [-0.1, -0.05) is 24.3 Å². The van der Waals surface area contributed by atoms with Gasteiger partial charge in [-0.3, -0.25) is 9.59 Å². The first-order valence-corrected chi connectivity index (χ1v) is 5.33. The number of aromatic nitrogens is 2. The van der Waals surface area contributed by atoms with E-state index in [0.29, 0.717) is 17.0 Å². The van der Waals surface area contributed by atoms with Gasteiger partial charge in [-0.25, -0.2) is 4.98 Å². The summed E-state index contributed by atoms with van der Waals surface area (Å²) in [6, 6.07) is 7.09. The predicted octanol–water partition coefficient (Wildman–Crippen LogP) is 1.77. The van der Waals surface area contributed by atoms with Crippen molar-refractivity contribution in [3.8, 4) is 11.3 Å². The van der Waals surface area contributed by atoms with Crippen LogP contribution in [-0.2, 0) is 7.05 Å². The Morgan fingerprint density at radius 1 is 1.06 bits per heavy atom. The monoisotopic (exact) mass is 226 g/mol. The molecule has 0 saturated heterocycles. The Kier molecular flexibility index (Phi) is 1.84. The summed E-state index contributed by atoms with van der Waals surface area (Å²) in [5, 5.41) is 0. The summed E-state index contributed by atoms with van der Waals surface area (Å²) >= 11 is 0. The fourth-order valence-corrected chi connectivity index (χ4v) is 2.18. The lowest BCUT2D eigenvalue weighted by Crippen LogP contribution is -2.23. The van der Waals surface area contributed by atoms with Crippen molar-refractivity contribution in [1.29, 1.82) is 0 Å². The van der Waals surface area contributed by atoms with Gasteiger partial charge in [0.15, 0.2) is 0 Å². The van der Waals surface area contributed by atoms with Gasteiger partial charge in [0.25, 0.3) is 5.78 Å². The van der Waals surface area contributed by atoms with Gasteiger partial charge in [-0.15, -0.1) is 0 Å². The Morgan fingerprint density at radius 2 is 1.71 bits per heavy atom. The maximum absolute atomic E-state index is 12.0. The van der Waals surface area contributed by atoms with E-state index in [1.807, 2.05) is 19.1 Å². The van der Waals surface area contributed by atoms with Gasteiger partial charge in [-0.2, -0.15) is 0 Å². The highest BCUT2D eigenvalue weighted by Gasteiger charge is 2.34. The van der Waals surface area contributed by atoms with Gasteiger partial charge in [-0.05, 0) is 6.92 Å². The molecule has 84 valence electrons. The molecule has 0 N–H and O–H groups in total. The number of aryl methyl sites for hydroxylation is 1. The molecule has 0 atom stereocenters. The number of benzene rings is 1. The fourth-order valence-electron chi connectivity index (χ4n) is 2.18. The van der Waals surface area contributed by atoms with Crippen LogP contribution in [0, 0.1) is 6.92 Å². The Hall–Kier alpha value is -2.23. The summed E-state index contributed by atoms with van der Waals surface area (Å²) in [7, 11) is 1.75. The molecule has 0 spiro atoms. The van der Waals surface area contributed by atoms with E-state index in [0.717, 1.165) is 11.4 Å². The normalized spacial score (nSPS) is 13.5. The molecule has 1 aromatic heterocycles. The average molecular weight is 226 g/mol. The number of carbonyl (C=O) groups is 2. The van der Waals surface area contributed by atoms with E-state index in [2.05, 4.69) is 4.98 Å². The topological polar surface area (TPSA) is 52.0 Å². The Bertz CT molecular complexity index is 668. The number of fused-ring (bicyclic) bond motifs is 3. The number of Topliss-reactive ketones (excluding diaryl/α,β-unsaturated/α-hetero) is 2. The highest BCUT2D eigenvalue weighted by atomic mass is 16.2. The molecule has 1 aromatic carbocycles. The van der Waals surface area contributed by atoms with Crippen LogP contribution >= 0.6 is 0 Å². The molecule has 0 saturated carbocycles. The molecule has 0 aliphatic heterocycles. The number of nitrogens with zero attached hydrogens (tertiary/aromatic N) is 2. The molecule has 0 fully saturated rings. The van der Waals surface area contributed by atoms with Crippen molar-refractivity contribution < 1.29 is 9.59 Å². The number of hydrogen-bond donors (Lipinski definition) is 0. The van der Waals surface area contributed by atoms with Crippen LogP contribution in [0.2, 0.25) is 0 Å². The zero-order chi connectivity index (χ0) is 12.2. The molecule has 3 rings (SSSR count). The fraction of sp³-hybridized carbons (Fsp3) is 0.154. The molecule has 0 amide bonds. The summed E-state index contributed by atoms with van der Waals surface area (Å²) in [5.74, 6) is -0.189. The number of rotatable bonds is 0. The molecular weight excluding hydrogens is 216 g/mol. The molecule has 4 nitrogen and oxygen atoms in total. The second kappa shape index (κ2) is 3.13. The van der Waals surface area contributed by atoms with Crippen molar-refractivity contribution in [3.63, 3.8) is 0 Å². The van der Waals surface area contributed by atoms with Crippen LogP contribution in [0.5, 0.6) is 0 Å². The zero-order valence-electron chi connectivity index (χ0n) is 9.52. The second-order valence-corrected chi connectivity index (χ2v) is 4.12. The van der Waals surface area contributed by atoms with Crippen LogP contribution in [0.25, 0.3) is 11.3 Å². The molecule has 2 aromatic rings. The van der Waals surface area contributed by atoms with Crippen LogP contribution in [0.15, 0.2) is 24.3 Å². The van der Waals surface area contributed by atoms with Gasteiger partial charge in [0, 0.05) is 18.2 Å². The third kappa shape index (κ3) is 1.15. The lowest BCUT2D eigenvalue weighted by Gasteiger charge is -2.13. The Labute approximate surface area is 97.9 Å². The first kappa shape index (κ1) is 9.96. The first-order valence-electron chi connectivity index (χ1n) is 5.33. The zero-order valence-corrected chi connectivity index (χ0v) is 9.52. The summed E-state index contributed by atoms with van der Waals surface area (Å²) in [6.45, 7) is 1.82. The molecule has 0 unspecified atom stereocenters.